The minimum absolute atomic E-state index is 0.111. The van der Waals surface area contributed by atoms with Crippen LogP contribution in [0.25, 0.3) is 0 Å². The molecule has 0 fully saturated rings. The third kappa shape index (κ3) is 3.12. The summed E-state index contributed by atoms with van der Waals surface area (Å²) >= 11 is 12.0. The van der Waals surface area contributed by atoms with Gasteiger partial charge in [0, 0.05) is 5.56 Å². The monoisotopic (exact) mass is 286 g/mol. The topological polar surface area (TPSA) is 43.4 Å². The zero-order chi connectivity index (χ0) is 13.7. The highest BCUT2D eigenvalue weighted by Crippen LogP contribution is 2.35. The SMILES string of the molecule is C=C(CC)C(=O)c1ccc(OCC=O)c(Cl)c1Cl. The molecule has 0 aliphatic heterocycles. The van der Waals surface area contributed by atoms with E-state index in [4.69, 9.17) is 27.9 Å². The summed E-state index contributed by atoms with van der Waals surface area (Å²) in [5.74, 6) is 0.0266. The summed E-state index contributed by atoms with van der Waals surface area (Å²) in [5.41, 5.74) is 0.737. The van der Waals surface area contributed by atoms with Gasteiger partial charge < -0.3 is 4.74 Å². The van der Waals surface area contributed by atoms with E-state index in [2.05, 4.69) is 6.58 Å². The molecule has 3 nitrogen and oxygen atoms in total. The number of rotatable bonds is 6. The maximum atomic E-state index is 11.9. The second kappa shape index (κ2) is 6.57. The van der Waals surface area contributed by atoms with Crippen molar-refractivity contribution >= 4 is 35.3 Å². The van der Waals surface area contributed by atoms with Crippen molar-refractivity contribution in [2.45, 2.75) is 13.3 Å². The lowest BCUT2D eigenvalue weighted by Gasteiger charge is -2.10. The van der Waals surface area contributed by atoms with Gasteiger partial charge in [-0.2, -0.15) is 0 Å². The molecule has 1 rings (SSSR count). The standard InChI is InChI=1S/C13H12Cl2O3/c1-3-8(2)13(17)9-4-5-10(18-7-6-16)12(15)11(9)14/h4-6H,2-3,7H2,1H3. The van der Waals surface area contributed by atoms with Crippen LogP contribution in [-0.2, 0) is 4.79 Å². The first-order chi connectivity index (χ1) is 8.52. The first kappa shape index (κ1) is 14.7. The van der Waals surface area contributed by atoms with Crippen LogP contribution in [0.5, 0.6) is 5.75 Å². The van der Waals surface area contributed by atoms with Gasteiger partial charge in [0.1, 0.15) is 17.4 Å². The van der Waals surface area contributed by atoms with Crippen molar-refractivity contribution in [3.63, 3.8) is 0 Å². The fourth-order valence-corrected chi connectivity index (χ4v) is 1.75. The molecule has 0 aromatic heterocycles. The lowest BCUT2D eigenvalue weighted by Crippen LogP contribution is -2.04. The van der Waals surface area contributed by atoms with Crippen molar-refractivity contribution in [2.75, 3.05) is 6.61 Å². The van der Waals surface area contributed by atoms with E-state index in [9.17, 15) is 9.59 Å². The average Bonchev–Trinajstić information content (AvgIpc) is 2.38. The number of hydrogen-bond donors (Lipinski definition) is 0. The summed E-state index contributed by atoms with van der Waals surface area (Å²) in [5, 5.41) is 0.230. The van der Waals surface area contributed by atoms with E-state index >= 15 is 0 Å². The van der Waals surface area contributed by atoms with Crippen LogP contribution in [0.1, 0.15) is 23.7 Å². The molecule has 1 aromatic rings. The largest absolute Gasteiger partial charge is 0.485 e. The third-order valence-corrected chi connectivity index (χ3v) is 3.21. The Morgan fingerprint density at radius 2 is 2.06 bits per heavy atom. The molecule has 0 atom stereocenters. The number of benzene rings is 1. The van der Waals surface area contributed by atoms with Crippen LogP contribution in [0.2, 0.25) is 10.0 Å². The molecule has 0 saturated carbocycles. The van der Waals surface area contributed by atoms with Crippen LogP contribution in [0, 0.1) is 0 Å². The molecule has 0 N–H and O–H groups in total. The molecule has 1 aromatic carbocycles. The Balaban J connectivity index is 3.11. The maximum absolute atomic E-state index is 11.9. The summed E-state index contributed by atoms with van der Waals surface area (Å²) in [6, 6.07) is 3.02. The van der Waals surface area contributed by atoms with E-state index in [1.807, 2.05) is 6.92 Å². The molecule has 0 saturated heterocycles. The van der Waals surface area contributed by atoms with E-state index in [0.717, 1.165) is 0 Å². The summed E-state index contributed by atoms with van der Waals surface area (Å²) in [4.78, 5) is 22.1. The van der Waals surface area contributed by atoms with Crippen molar-refractivity contribution < 1.29 is 14.3 Å². The van der Waals surface area contributed by atoms with Crippen LogP contribution in [-0.4, -0.2) is 18.7 Å². The molecule has 0 unspecified atom stereocenters. The molecule has 0 spiro atoms. The fraction of sp³-hybridized carbons (Fsp3) is 0.231. The number of ether oxygens (including phenoxy) is 1. The highest BCUT2D eigenvalue weighted by atomic mass is 35.5. The van der Waals surface area contributed by atoms with Gasteiger partial charge in [0.05, 0.1) is 5.02 Å². The van der Waals surface area contributed by atoms with Gasteiger partial charge in [0.15, 0.2) is 12.1 Å². The number of hydrogen-bond acceptors (Lipinski definition) is 3. The Labute approximate surface area is 115 Å². The Hall–Kier alpha value is -1.32. The molecular weight excluding hydrogens is 275 g/mol. The zero-order valence-electron chi connectivity index (χ0n) is 9.83. The highest BCUT2D eigenvalue weighted by molar-refractivity contribution is 6.45. The number of halogens is 2. The predicted molar refractivity (Wildman–Crippen MR) is 71.8 cm³/mol. The average molecular weight is 287 g/mol. The van der Waals surface area contributed by atoms with E-state index in [-0.39, 0.29) is 33.7 Å². The Morgan fingerprint density at radius 1 is 1.39 bits per heavy atom. The van der Waals surface area contributed by atoms with E-state index < -0.39 is 0 Å². The zero-order valence-corrected chi connectivity index (χ0v) is 11.3. The lowest BCUT2D eigenvalue weighted by molar-refractivity contribution is -0.109. The molecule has 0 heterocycles. The van der Waals surface area contributed by atoms with Gasteiger partial charge in [-0.3, -0.25) is 9.59 Å². The van der Waals surface area contributed by atoms with E-state index in [1.165, 1.54) is 12.1 Å². The Kier molecular flexibility index (Phi) is 5.38. The number of carbonyl (C=O) groups excluding carboxylic acids is 2. The molecule has 5 heteroatoms. The van der Waals surface area contributed by atoms with Gasteiger partial charge in [0.25, 0.3) is 0 Å². The molecular formula is C13H12Cl2O3. The number of allylic oxidation sites excluding steroid dienone is 1. The summed E-state index contributed by atoms with van der Waals surface area (Å²) < 4.78 is 5.07. The molecule has 18 heavy (non-hydrogen) atoms. The Morgan fingerprint density at radius 3 is 2.61 bits per heavy atom. The fourth-order valence-electron chi connectivity index (χ4n) is 1.29. The van der Waals surface area contributed by atoms with Crippen molar-refractivity contribution in [3.8, 4) is 5.75 Å². The first-order valence-corrected chi connectivity index (χ1v) is 6.05. The smallest absolute Gasteiger partial charge is 0.189 e. The molecule has 0 aliphatic rings. The summed E-state index contributed by atoms with van der Waals surface area (Å²) in [7, 11) is 0. The second-order valence-electron chi connectivity index (χ2n) is 3.50. The van der Waals surface area contributed by atoms with Gasteiger partial charge in [-0.15, -0.1) is 0 Å². The molecule has 0 amide bonds. The maximum Gasteiger partial charge on any atom is 0.189 e. The van der Waals surface area contributed by atoms with Gasteiger partial charge in [-0.25, -0.2) is 0 Å². The quantitative estimate of drug-likeness (QED) is 0.455. The first-order valence-electron chi connectivity index (χ1n) is 5.29. The summed E-state index contributed by atoms with van der Waals surface area (Å²) in [6.45, 7) is 5.37. The van der Waals surface area contributed by atoms with Crippen LogP contribution < -0.4 is 4.74 Å². The molecule has 0 radical (unpaired) electrons. The van der Waals surface area contributed by atoms with Crippen LogP contribution in [0.15, 0.2) is 24.3 Å². The minimum Gasteiger partial charge on any atom is -0.485 e. The van der Waals surface area contributed by atoms with E-state index in [1.54, 1.807) is 0 Å². The molecule has 0 aliphatic carbocycles. The van der Waals surface area contributed by atoms with Crippen LogP contribution in [0.3, 0.4) is 0 Å². The second-order valence-corrected chi connectivity index (χ2v) is 4.26. The minimum atomic E-state index is -0.244. The molecule has 0 bridgehead atoms. The van der Waals surface area contributed by atoms with Crippen LogP contribution in [0.4, 0.5) is 0 Å². The van der Waals surface area contributed by atoms with Crippen molar-refractivity contribution in [3.05, 3.63) is 39.9 Å². The van der Waals surface area contributed by atoms with Crippen molar-refractivity contribution in [1.29, 1.82) is 0 Å². The summed E-state index contributed by atoms with van der Waals surface area (Å²) in [6.07, 6.45) is 1.14. The van der Waals surface area contributed by atoms with Gasteiger partial charge in [-0.1, -0.05) is 36.7 Å². The number of ketones is 1. The van der Waals surface area contributed by atoms with Crippen LogP contribution >= 0.6 is 23.2 Å². The number of Topliss-reactive ketones (excluding diaryl/α,β-unsaturated/α-hetero) is 1. The highest BCUT2D eigenvalue weighted by Gasteiger charge is 2.17. The van der Waals surface area contributed by atoms with Gasteiger partial charge >= 0.3 is 0 Å². The predicted octanol–water partition coefficient (Wildman–Crippen LogP) is 3.72. The van der Waals surface area contributed by atoms with Gasteiger partial charge in [0.2, 0.25) is 0 Å². The Bertz CT molecular complexity index is 495. The third-order valence-electron chi connectivity index (χ3n) is 2.35. The normalized spacial score (nSPS) is 9.94. The molecule has 96 valence electrons. The number of carbonyl (C=O) groups is 2. The van der Waals surface area contributed by atoms with Crippen molar-refractivity contribution in [2.24, 2.45) is 0 Å². The lowest BCUT2D eigenvalue weighted by atomic mass is 10.0. The van der Waals surface area contributed by atoms with Crippen molar-refractivity contribution in [1.82, 2.24) is 0 Å². The van der Waals surface area contributed by atoms with E-state index in [0.29, 0.717) is 18.3 Å². The number of aldehydes is 1. The van der Waals surface area contributed by atoms with Gasteiger partial charge in [-0.05, 0) is 24.1 Å².